The summed E-state index contributed by atoms with van der Waals surface area (Å²) >= 11 is 0. The maximum absolute atomic E-state index is 12.9. The van der Waals surface area contributed by atoms with E-state index in [9.17, 15) is 19.0 Å². The Labute approximate surface area is 518 Å². The molecule has 0 saturated carbocycles. The zero-order chi connectivity index (χ0) is 61.2. The lowest BCUT2D eigenvalue weighted by atomic mass is 10.0. The van der Waals surface area contributed by atoms with Crippen molar-refractivity contribution in [3.05, 3.63) is 122 Å². The van der Waals surface area contributed by atoms with Crippen LogP contribution in [0.2, 0.25) is 0 Å². The highest BCUT2D eigenvalue weighted by Gasteiger charge is 2.22. The van der Waals surface area contributed by atoms with Gasteiger partial charge in [0.15, 0.2) is 6.10 Å². The number of hydrogen-bond acceptors (Lipinski definition) is 8. The van der Waals surface area contributed by atoms with Crippen LogP contribution >= 0.6 is 7.82 Å². The van der Waals surface area contributed by atoms with Gasteiger partial charge in [0.05, 0.1) is 27.7 Å². The van der Waals surface area contributed by atoms with Crippen LogP contribution in [0.1, 0.15) is 284 Å². The minimum Gasteiger partial charge on any atom is -0.756 e. The number of phosphoric acid groups is 1. The number of likely N-dealkylation sites (N-methyl/N-ethyl adjacent to an activating group) is 1. The average molecular weight is 1190 g/mol. The van der Waals surface area contributed by atoms with E-state index in [1.807, 2.05) is 21.1 Å². The number of ether oxygens (including phenoxy) is 2. The molecule has 0 aliphatic rings. The van der Waals surface area contributed by atoms with E-state index < -0.39 is 26.5 Å². The number of rotatable bonds is 62. The lowest BCUT2D eigenvalue weighted by Crippen LogP contribution is -2.37. The Balaban J connectivity index is 4.07. The van der Waals surface area contributed by atoms with Gasteiger partial charge in [0.2, 0.25) is 0 Å². The van der Waals surface area contributed by atoms with Gasteiger partial charge in [-0.3, -0.25) is 14.2 Å². The minimum absolute atomic E-state index is 0.0350. The Morgan fingerprint density at radius 3 is 0.952 bits per heavy atom. The highest BCUT2D eigenvalue weighted by Crippen LogP contribution is 2.38. The summed E-state index contributed by atoms with van der Waals surface area (Å²) in [5, 5.41) is 0. The van der Waals surface area contributed by atoms with Crippen LogP contribution in [0.15, 0.2) is 122 Å². The zero-order valence-corrected chi connectivity index (χ0v) is 55.7. The third kappa shape index (κ3) is 67.5. The van der Waals surface area contributed by atoms with Crippen LogP contribution in [0.5, 0.6) is 0 Å². The first-order valence-electron chi connectivity index (χ1n) is 34.2. The molecule has 0 aliphatic heterocycles. The van der Waals surface area contributed by atoms with Crippen molar-refractivity contribution >= 4 is 19.8 Å². The molecule has 2 atom stereocenters. The first-order chi connectivity index (χ1) is 41.0. The summed E-state index contributed by atoms with van der Waals surface area (Å²) in [5.41, 5.74) is 0. The number of quaternary nitrogens is 1. The molecule has 0 rings (SSSR count). The molecule has 0 N–H and O–H groups in total. The van der Waals surface area contributed by atoms with Crippen molar-refractivity contribution in [1.29, 1.82) is 0 Å². The minimum atomic E-state index is -4.65. The lowest BCUT2D eigenvalue weighted by Gasteiger charge is -2.28. The Bertz CT molecular complexity index is 1830. The topological polar surface area (TPSA) is 111 Å². The molecule has 0 aromatic heterocycles. The molecule has 0 aliphatic carbocycles. The van der Waals surface area contributed by atoms with Crippen molar-refractivity contribution in [3.63, 3.8) is 0 Å². The van der Waals surface area contributed by atoms with Gasteiger partial charge in [0, 0.05) is 12.8 Å². The number of carbonyl (C=O) groups excluding carboxylic acids is 2. The number of allylic oxidation sites excluding steroid dienone is 20. The Morgan fingerprint density at radius 2 is 0.643 bits per heavy atom. The number of carbonyl (C=O) groups is 2. The Kier molecular flexibility index (Phi) is 61.2. The number of esters is 2. The van der Waals surface area contributed by atoms with E-state index in [0.717, 1.165) is 103 Å². The fourth-order valence-corrected chi connectivity index (χ4v) is 10.0. The van der Waals surface area contributed by atoms with Crippen LogP contribution in [-0.2, 0) is 32.7 Å². The van der Waals surface area contributed by atoms with Gasteiger partial charge in [-0.05, 0) is 103 Å². The third-order valence-electron chi connectivity index (χ3n) is 14.5. The van der Waals surface area contributed by atoms with E-state index in [2.05, 4.69) is 135 Å². The average Bonchev–Trinajstić information content (AvgIpc) is 3.61. The number of unbranched alkanes of at least 4 members (excludes halogenated alkanes) is 28. The molecule has 10 heteroatoms. The van der Waals surface area contributed by atoms with Crippen molar-refractivity contribution in [3.8, 4) is 0 Å². The Morgan fingerprint density at radius 1 is 0.369 bits per heavy atom. The van der Waals surface area contributed by atoms with Crippen LogP contribution in [0.25, 0.3) is 0 Å². The summed E-state index contributed by atoms with van der Waals surface area (Å²) in [6.07, 6.45) is 91.2. The molecule has 0 bridgehead atoms. The third-order valence-corrected chi connectivity index (χ3v) is 15.4. The normalized spacial score (nSPS) is 13.9. The predicted molar refractivity (Wildman–Crippen MR) is 360 cm³/mol. The van der Waals surface area contributed by atoms with Gasteiger partial charge in [-0.1, -0.05) is 289 Å². The highest BCUT2D eigenvalue weighted by molar-refractivity contribution is 7.45. The second-order valence-electron chi connectivity index (χ2n) is 23.8. The molecular weight excluding hydrogens is 1060 g/mol. The predicted octanol–water partition coefficient (Wildman–Crippen LogP) is 21.6. The molecule has 0 aromatic rings. The Hall–Kier alpha value is -3.59. The van der Waals surface area contributed by atoms with Gasteiger partial charge in [-0.15, -0.1) is 0 Å². The van der Waals surface area contributed by atoms with Gasteiger partial charge in [-0.25, -0.2) is 0 Å². The van der Waals surface area contributed by atoms with Gasteiger partial charge < -0.3 is 27.9 Å². The van der Waals surface area contributed by atoms with E-state index in [-0.39, 0.29) is 32.0 Å². The lowest BCUT2D eigenvalue weighted by molar-refractivity contribution is -0.870. The molecule has 2 unspecified atom stereocenters. The van der Waals surface area contributed by atoms with E-state index in [1.165, 1.54) is 148 Å². The maximum Gasteiger partial charge on any atom is 0.306 e. The summed E-state index contributed by atoms with van der Waals surface area (Å²) in [7, 11) is 1.16. The summed E-state index contributed by atoms with van der Waals surface area (Å²) in [6.45, 7) is 4.03. The van der Waals surface area contributed by atoms with Crippen molar-refractivity contribution < 1.29 is 42.1 Å². The summed E-state index contributed by atoms with van der Waals surface area (Å²) in [5.74, 6) is -0.832. The van der Waals surface area contributed by atoms with Crippen LogP contribution in [-0.4, -0.2) is 70.0 Å². The molecule has 0 radical (unpaired) electrons. The summed E-state index contributed by atoms with van der Waals surface area (Å²) in [6, 6.07) is 0. The number of hydrogen-bond donors (Lipinski definition) is 0. The van der Waals surface area contributed by atoms with E-state index in [1.54, 1.807) is 0 Å². The van der Waals surface area contributed by atoms with Crippen molar-refractivity contribution in [2.24, 2.45) is 0 Å². The zero-order valence-electron chi connectivity index (χ0n) is 54.8. The second-order valence-corrected chi connectivity index (χ2v) is 25.2. The van der Waals surface area contributed by atoms with Crippen LogP contribution in [0, 0.1) is 0 Å². The molecule has 0 saturated heterocycles. The van der Waals surface area contributed by atoms with Gasteiger partial charge in [0.25, 0.3) is 7.82 Å². The fourth-order valence-electron chi connectivity index (χ4n) is 9.30. The molecule has 0 amide bonds. The van der Waals surface area contributed by atoms with E-state index in [4.69, 9.17) is 18.5 Å². The van der Waals surface area contributed by atoms with Gasteiger partial charge in [-0.2, -0.15) is 0 Å². The van der Waals surface area contributed by atoms with E-state index >= 15 is 0 Å². The molecular formula is C74H128NO8P. The van der Waals surface area contributed by atoms with Crippen LogP contribution in [0.3, 0.4) is 0 Å². The first kappa shape index (κ1) is 80.4. The SMILES string of the molecule is CC/C=C\C/C=C\C/C=C\C/C=C\C/C=C\C/C=C\CCCCCCCCCCCCCCCCC(=O)OC(COC(=O)CCCCCCCCCCCCCCCC/C=C\C/C=C\C/C=C\C/C=C\CC)COP(=O)([O-])OCC[N+](C)(C)C. The smallest absolute Gasteiger partial charge is 0.306 e. The molecule has 0 heterocycles. The van der Waals surface area contributed by atoms with Crippen molar-refractivity contribution in [1.82, 2.24) is 0 Å². The molecule has 482 valence electrons. The monoisotopic (exact) mass is 1190 g/mol. The van der Waals surface area contributed by atoms with E-state index in [0.29, 0.717) is 17.4 Å². The van der Waals surface area contributed by atoms with Crippen molar-refractivity contribution in [2.45, 2.75) is 290 Å². The molecule has 0 spiro atoms. The molecule has 0 aromatic carbocycles. The quantitative estimate of drug-likeness (QED) is 0.0195. The molecule has 9 nitrogen and oxygen atoms in total. The van der Waals surface area contributed by atoms with Crippen LogP contribution < -0.4 is 4.89 Å². The molecule has 0 fully saturated rings. The second kappa shape index (κ2) is 63.9. The largest absolute Gasteiger partial charge is 0.756 e. The van der Waals surface area contributed by atoms with Gasteiger partial charge in [0.1, 0.15) is 19.8 Å². The molecule has 84 heavy (non-hydrogen) atoms. The highest BCUT2D eigenvalue weighted by atomic mass is 31.2. The summed E-state index contributed by atoms with van der Waals surface area (Å²) in [4.78, 5) is 38.1. The maximum atomic E-state index is 12.9. The first-order valence-corrected chi connectivity index (χ1v) is 35.7. The number of nitrogens with zero attached hydrogens (tertiary/aromatic N) is 1. The van der Waals surface area contributed by atoms with Gasteiger partial charge >= 0.3 is 11.9 Å². The summed E-state index contributed by atoms with van der Waals surface area (Å²) < 4.78 is 34.3. The van der Waals surface area contributed by atoms with Crippen molar-refractivity contribution in [2.75, 3.05) is 47.5 Å². The van der Waals surface area contributed by atoms with Crippen LogP contribution in [0.4, 0.5) is 0 Å². The number of phosphoric ester groups is 1. The fraction of sp³-hybridized carbons (Fsp3) is 0.703. The standard InChI is InChI=1S/C74H128NO8P/c1-6-8-10-12-14-16-18-20-22-24-26-28-30-32-34-35-36-37-38-39-41-43-45-47-49-51-53-55-57-59-61-63-65-67-74(77)83-72(71-82-84(78,79)81-69-68-75(3,4)5)70-80-73(76)66-64-62-60-58-56-54-52-50-48-46-44-42-40-33-31-29-27-25-23-21-19-17-15-13-11-9-7-2/h8-11,14-17,20-23,26-29,32,34,36-37,72H,6-7,12-13,18-19,24-25,30-31,33,35,38-71H2,1-5H3/b10-8-,11-9-,16-14-,17-15-,22-20-,23-21-,28-26-,29-27-,34-32-,37-36-.